The second kappa shape index (κ2) is 17.7. The van der Waals surface area contributed by atoms with Gasteiger partial charge in [-0.15, -0.1) is 0 Å². The summed E-state index contributed by atoms with van der Waals surface area (Å²) < 4.78 is 0. The van der Waals surface area contributed by atoms with Crippen LogP contribution in [0.4, 0.5) is 0 Å². The van der Waals surface area contributed by atoms with Gasteiger partial charge in [-0.1, -0.05) is 12.8 Å². The van der Waals surface area contributed by atoms with Crippen molar-refractivity contribution in [2.75, 3.05) is 39.3 Å². The molecule has 0 saturated heterocycles. The minimum absolute atomic E-state index is 0. The molecule has 0 aliphatic carbocycles. The third-order valence-corrected chi connectivity index (χ3v) is 3.13. The summed E-state index contributed by atoms with van der Waals surface area (Å²) in [5.74, 6) is -4.64. The zero-order valence-electron chi connectivity index (χ0n) is 14.7. The molecule has 0 aromatic rings. The maximum atomic E-state index is 10.6. The zero-order valence-corrected chi connectivity index (χ0v) is 17.8. The molecule has 3 N–H and O–H groups in total. The monoisotopic (exact) mass is 426 g/mol. The molecule has 0 atom stereocenters. The van der Waals surface area contributed by atoms with Gasteiger partial charge in [-0.25, -0.2) is 0 Å². The van der Waals surface area contributed by atoms with Gasteiger partial charge in [-0.05, 0) is 25.9 Å². The average molecular weight is 426 g/mol. The van der Waals surface area contributed by atoms with Crippen LogP contribution in [-0.4, -0.2) is 88.3 Å². The predicted octanol–water partition coefficient (Wildman–Crippen LogP) is -4.84. The van der Waals surface area contributed by atoms with E-state index in [4.69, 9.17) is 15.3 Å². The van der Waals surface area contributed by atoms with Crippen molar-refractivity contribution in [1.82, 2.24) is 9.80 Å². The molecule has 0 amide bonds. The van der Waals surface area contributed by atoms with E-state index in [1.165, 1.54) is 9.80 Å². The number of rotatable bonds is 15. The van der Waals surface area contributed by atoms with Crippen LogP contribution in [0.25, 0.3) is 0 Å². The Morgan fingerprint density at radius 3 is 1.23 bits per heavy atom. The Morgan fingerprint density at radius 2 is 0.962 bits per heavy atom. The van der Waals surface area contributed by atoms with E-state index in [1.54, 1.807) is 0 Å². The topological polar surface area (TPSA) is 159 Å². The van der Waals surface area contributed by atoms with E-state index >= 15 is 0 Å². The van der Waals surface area contributed by atoms with Crippen LogP contribution in [0.1, 0.15) is 25.7 Å². The maximum Gasteiger partial charge on any atom is 1.00 e. The molecule has 10 nitrogen and oxygen atoms in total. The first-order valence-corrected chi connectivity index (χ1v) is 7.50. The fraction of sp³-hybridized carbons (Fsp3) is 0.714. The quantitative estimate of drug-likeness (QED) is 0.171. The molecule has 146 valence electrons. The van der Waals surface area contributed by atoms with E-state index in [2.05, 4.69) is 0 Å². The van der Waals surface area contributed by atoms with Crippen molar-refractivity contribution >= 4 is 23.9 Å². The van der Waals surface area contributed by atoms with Crippen molar-refractivity contribution in [1.29, 1.82) is 0 Å². The number of carboxylic acids is 4. The summed E-state index contributed by atoms with van der Waals surface area (Å²) >= 11 is 0. The van der Waals surface area contributed by atoms with Gasteiger partial charge in [0, 0.05) is 23.6 Å². The molecule has 26 heavy (non-hydrogen) atoms. The van der Waals surface area contributed by atoms with Gasteiger partial charge in [-0.2, -0.15) is 0 Å². The second-order valence-electron chi connectivity index (χ2n) is 5.39. The zero-order chi connectivity index (χ0) is 18.5. The summed E-state index contributed by atoms with van der Waals surface area (Å²) in [5, 5.41) is 36.6. The van der Waals surface area contributed by atoms with Crippen LogP contribution in [0.5, 0.6) is 0 Å². The number of nitrogens with zero attached hydrogens (tertiary/aromatic N) is 2. The summed E-state index contributed by atoms with van der Waals surface area (Å²) in [4.78, 5) is 45.0. The average Bonchev–Trinajstić information content (AvgIpc) is 2.39. The molecular formula is C14H23FeN2NaO8. The Morgan fingerprint density at radius 1 is 0.654 bits per heavy atom. The molecule has 0 bridgehead atoms. The Hall–Kier alpha value is -0.681. The summed E-state index contributed by atoms with van der Waals surface area (Å²) in [6.07, 6.45) is 2.57. The Bertz CT molecular complexity index is 381. The third kappa shape index (κ3) is 19.6. The number of aliphatic carboxylic acids is 4. The molecule has 0 aliphatic rings. The van der Waals surface area contributed by atoms with Crippen LogP contribution in [-0.2, 0) is 36.2 Å². The van der Waals surface area contributed by atoms with Gasteiger partial charge in [-0.3, -0.25) is 24.2 Å². The number of carbonyl (C=O) groups excluding carboxylic acids is 1. The van der Waals surface area contributed by atoms with Crippen molar-refractivity contribution < 1.29 is 86.2 Å². The van der Waals surface area contributed by atoms with E-state index < -0.39 is 30.4 Å². The minimum atomic E-state index is -1.34. The Kier molecular flexibility index (Phi) is 20.5. The Labute approximate surface area is 184 Å². The van der Waals surface area contributed by atoms with Crippen LogP contribution in [0, 0.1) is 0 Å². The standard InChI is InChI=1S/C14H24N2O8.Fe.Na/c17-11(18)7-15(8-12(19)20)5-3-1-2-4-6-16(9-13(21)22)10-14(23)24;;/h1-10H2,(H,17,18)(H,19,20)(H,21,22)(H,23,24);;/q;;+1/p-1. The normalized spacial score (nSPS) is 10.1. The summed E-state index contributed by atoms with van der Waals surface area (Å²) in [7, 11) is 0. The fourth-order valence-corrected chi connectivity index (χ4v) is 2.21. The van der Waals surface area contributed by atoms with Crippen LogP contribution in [0.2, 0.25) is 0 Å². The van der Waals surface area contributed by atoms with Crippen molar-refractivity contribution in [3.63, 3.8) is 0 Å². The van der Waals surface area contributed by atoms with Gasteiger partial charge in [0.1, 0.15) is 0 Å². The van der Waals surface area contributed by atoms with Gasteiger partial charge >= 0.3 is 47.5 Å². The summed E-state index contributed by atoms with van der Waals surface area (Å²) in [5.41, 5.74) is 0. The summed E-state index contributed by atoms with van der Waals surface area (Å²) in [6.45, 7) is -0.879. The van der Waals surface area contributed by atoms with Gasteiger partial charge in [0.05, 0.1) is 25.6 Å². The van der Waals surface area contributed by atoms with Crippen LogP contribution in [0.15, 0.2) is 0 Å². The van der Waals surface area contributed by atoms with Crippen LogP contribution in [0.3, 0.4) is 0 Å². The number of carbonyl (C=O) groups is 4. The van der Waals surface area contributed by atoms with Crippen molar-refractivity contribution in [3.05, 3.63) is 0 Å². The summed E-state index contributed by atoms with van der Waals surface area (Å²) in [6, 6.07) is 0. The number of hydrogen-bond acceptors (Lipinski definition) is 7. The number of unbranched alkanes of at least 4 members (excludes halogenated alkanes) is 3. The molecule has 0 radical (unpaired) electrons. The van der Waals surface area contributed by atoms with Gasteiger partial charge < -0.3 is 25.2 Å². The van der Waals surface area contributed by atoms with E-state index in [0.717, 1.165) is 0 Å². The second-order valence-corrected chi connectivity index (χ2v) is 5.39. The molecule has 0 fully saturated rings. The van der Waals surface area contributed by atoms with Crippen molar-refractivity contribution in [2.45, 2.75) is 25.7 Å². The molecule has 12 heteroatoms. The van der Waals surface area contributed by atoms with E-state index in [-0.39, 0.29) is 66.3 Å². The largest absolute Gasteiger partial charge is 1.00 e. The molecule has 0 spiro atoms. The molecular weight excluding hydrogens is 403 g/mol. The minimum Gasteiger partial charge on any atom is -0.549 e. The molecule has 0 unspecified atom stereocenters. The van der Waals surface area contributed by atoms with E-state index in [1.807, 2.05) is 0 Å². The van der Waals surface area contributed by atoms with E-state index in [9.17, 15) is 24.3 Å². The molecule has 0 heterocycles. The number of carboxylic acid groups (broad SMARTS) is 4. The molecule has 0 saturated carbocycles. The van der Waals surface area contributed by atoms with E-state index in [0.29, 0.717) is 38.8 Å². The Balaban J connectivity index is -0.00000264. The molecule has 0 rings (SSSR count). The first-order chi connectivity index (χ1) is 11.2. The number of hydrogen-bond donors (Lipinski definition) is 3. The SMILES string of the molecule is O=C([O-])CN(CCCCCCN(CC(=O)O)CC(=O)O)CC(=O)O.[Fe].[Na+]. The van der Waals surface area contributed by atoms with Crippen molar-refractivity contribution in [2.24, 2.45) is 0 Å². The first kappa shape index (κ1) is 30.1. The first-order valence-electron chi connectivity index (χ1n) is 7.50. The van der Waals surface area contributed by atoms with Crippen LogP contribution < -0.4 is 34.7 Å². The predicted molar refractivity (Wildman–Crippen MR) is 79.3 cm³/mol. The van der Waals surface area contributed by atoms with Gasteiger partial charge in [0.25, 0.3) is 0 Å². The third-order valence-electron chi connectivity index (χ3n) is 3.13. The fourth-order valence-electron chi connectivity index (χ4n) is 2.21. The molecule has 0 aromatic carbocycles. The maximum absolute atomic E-state index is 10.6. The van der Waals surface area contributed by atoms with Crippen molar-refractivity contribution in [3.8, 4) is 0 Å². The smallest absolute Gasteiger partial charge is 0.549 e. The van der Waals surface area contributed by atoms with Gasteiger partial charge in [0.15, 0.2) is 0 Å². The molecule has 0 aliphatic heterocycles. The molecule has 0 aromatic heterocycles. The van der Waals surface area contributed by atoms with Gasteiger partial charge in [0.2, 0.25) is 0 Å². The van der Waals surface area contributed by atoms with Crippen LogP contribution >= 0.6 is 0 Å².